The van der Waals surface area contributed by atoms with Crippen LogP contribution in [-0.4, -0.2) is 37.1 Å². The highest BCUT2D eigenvalue weighted by atomic mass is 32.2. The molecule has 0 spiro atoms. The third kappa shape index (κ3) is 6.81. The number of aliphatic imine (C=N–C) groups is 1. The summed E-state index contributed by atoms with van der Waals surface area (Å²) in [7, 11) is 0. The van der Waals surface area contributed by atoms with E-state index in [1.807, 2.05) is 60.9 Å². The third-order valence-electron chi connectivity index (χ3n) is 6.24. The SMILES string of the molecule is CCOC(=O)C1=C(CCC(N=[N+]=[N-])c2ccccc2)N=C(C)C(C(=O)OCC)C1c1cccc(SC)c1. The molecule has 0 N–H and O–H groups in total. The van der Waals surface area contributed by atoms with E-state index in [9.17, 15) is 9.59 Å². The maximum atomic E-state index is 13.4. The molecule has 194 valence electrons. The predicted molar refractivity (Wildman–Crippen MR) is 145 cm³/mol. The lowest BCUT2D eigenvalue weighted by atomic mass is 9.75. The largest absolute Gasteiger partial charge is 0.465 e. The number of hydrogen-bond acceptors (Lipinski definition) is 7. The first kappa shape index (κ1) is 28.0. The van der Waals surface area contributed by atoms with Crippen LogP contribution >= 0.6 is 11.8 Å². The van der Waals surface area contributed by atoms with Crippen molar-refractivity contribution in [2.75, 3.05) is 19.5 Å². The van der Waals surface area contributed by atoms with Crippen LogP contribution in [0.2, 0.25) is 0 Å². The van der Waals surface area contributed by atoms with Gasteiger partial charge in [-0.05, 0) is 68.7 Å². The van der Waals surface area contributed by atoms with Gasteiger partial charge in [0.1, 0.15) is 5.92 Å². The van der Waals surface area contributed by atoms with Gasteiger partial charge in [-0.3, -0.25) is 9.79 Å². The minimum atomic E-state index is -0.762. The van der Waals surface area contributed by atoms with Crippen molar-refractivity contribution in [2.45, 2.75) is 50.5 Å². The first-order chi connectivity index (χ1) is 17.9. The Morgan fingerprint density at radius 1 is 1.11 bits per heavy atom. The number of allylic oxidation sites excluding steroid dienone is 1. The second-order valence-electron chi connectivity index (χ2n) is 8.49. The summed E-state index contributed by atoms with van der Waals surface area (Å²) in [4.78, 5) is 35.4. The molecule has 0 saturated carbocycles. The van der Waals surface area contributed by atoms with Gasteiger partial charge in [0.15, 0.2) is 0 Å². The van der Waals surface area contributed by atoms with Crippen LogP contribution < -0.4 is 0 Å². The number of thioether (sulfide) groups is 1. The Hall–Kier alpha value is -3.55. The van der Waals surface area contributed by atoms with Gasteiger partial charge in [0.25, 0.3) is 0 Å². The van der Waals surface area contributed by atoms with E-state index in [2.05, 4.69) is 10.0 Å². The maximum absolute atomic E-state index is 13.4. The zero-order valence-electron chi connectivity index (χ0n) is 21.6. The number of rotatable bonds is 11. The van der Waals surface area contributed by atoms with E-state index >= 15 is 0 Å². The zero-order valence-corrected chi connectivity index (χ0v) is 22.4. The molecule has 2 aromatic carbocycles. The smallest absolute Gasteiger partial charge is 0.336 e. The van der Waals surface area contributed by atoms with Gasteiger partial charge in [0.2, 0.25) is 0 Å². The molecule has 8 nitrogen and oxygen atoms in total. The van der Waals surface area contributed by atoms with Gasteiger partial charge in [-0.2, -0.15) is 0 Å². The first-order valence-electron chi connectivity index (χ1n) is 12.3. The first-order valence-corrected chi connectivity index (χ1v) is 13.5. The van der Waals surface area contributed by atoms with Crippen molar-refractivity contribution >= 4 is 29.4 Å². The van der Waals surface area contributed by atoms with E-state index in [0.29, 0.717) is 29.8 Å². The van der Waals surface area contributed by atoms with Crippen LogP contribution in [0.15, 0.2) is 80.9 Å². The number of benzene rings is 2. The van der Waals surface area contributed by atoms with E-state index in [1.54, 1.807) is 32.5 Å². The lowest BCUT2D eigenvalue weighted by molar-refractivity contribution is -0.146. The Bertz CT molecular complexity index is 1220. The normalized spacial score (nSPS) is 17.9. The minimum absolute atomic E-state index is 0.186. The Morgan fingerprint density at radius 2 is 1.84 bits per heavy atom. The fourth-order valence-corrected chi connectivity index (χ4v) is 5.08. The lowest BCUT2D eigenvalue weighted by Gasteiger charge is -2.32. The summed E-state index contributed by atoms with van der Waals surface area (Å²) in [5, 5.41) is 3.99. The summed E-state index contributed by atoms with van der Waals surface area (Å²) < 4.78 is 10.9. The molecule has 0 aliphatic carbocycles. The molecule has 3 rings (SSSR count). The van der Waals surface area contributed by atoms with E-state index in [-0.39, 0.29) is 13.2 Å². The monoisotopic (exact) mass is 520 g/mol. The molecule has 0 bridgehead atoms. The molecule has 37 heavy (non-hydrogen) atoms. The van der Waals surface area contributed by atoms with Gasteiger partial charge in [0.05, 0.1) is 30.5 Å². The fourth-order valence-electron chi connectivity index (χ4n) is 4.61. The van der Waals surface area contributed by atoms with Crippen molar-refractivity contribution in [2.24, 2.45) is 16.0 Å². The van der Waals surface area contributed by atoms with Crippen LogP contribution in [0.4, 0.5) is 0 Å². The highest BCUT2D eigenvalue weighted by Crippen LogP contribution is 2.42. The summed E-state index contributed by atoms with van der Waals surface area (Å²) in [5.41, 5.74) is 12.3. The van der Waals surface area contributed by atoms with Crippen molar-refractivity contribution < 1.29 is 19.1 Å². The number of nitrogens with zero attached hydrogens (tertiary/aromatic N) is 4. The van der Waals surface area contributed by atoms with Crippen molar-refractivity contribution in [1.29, 1.82) is 0 Å². The molecule has 1 heterocycles. The average Bonchev–Trinajstić information content (AvgIpc) is 2.91. The van der Waals surface area contributed by atoms with E-state index in [4.69, 9.17) is 20.0 Å². The molecule has 0 radical (unpaired) electrons. The van der Waals surface area contributed by atoms with Crippen molar-refractivity contribution in [1.82, 2.24) is 0 Å². The van der Waals surface area contributed by atoms with Gasteiger partial charge in [-0.25, -0.2) is 4.79 Å². The molecule has 0 fully saturated rings. The molecular weight excluding hydrogens is 488 g/mol. The van der Waals surface area contributed by atoms with E-state index < -0.39 is 29.8 Å². The minimum Gasteiger partial charge on any atom is -0.465 e. The summed E-state index contributed by atoms with van der Waals surface area (Å²) >= 11 is 1.58. The molecule has 3 atom stereocenters. The van der Waals surface area contributed by atoms with Crippen molar-refractivity contribution in [3.63, 3.8) is 0 Å². The number of ether oxygens (including phenoxy) is 2. The summed E-state index contributed by atoms with van der Waals surface area (Å²) in [6.45, 7) is 5.69. The van der Waals surface area contributed by atoms with E-state index in [1.165, 1.54) is 0 Å². The molecule has 9 heteroatoms. The highest BCUT2D eigenvalue weighted by molar-refractivity contribution is 7.98. The fraction of sp³-hybridized carbons (Fsp3) is 0.393. The number of esters is 2. The number of carbonyl (C=O) groups is 2. The predicted octanol–water partition coefficient (Wildman–Crippen LogP) is 6.79. The average molecular weight is 521 g/mol. The van der Waals surface area contributed by atoms with Crippen LogP contribution in [0.25, 0.3) is 10.4 Å². The van der Waals surface area contributed by atoms with Crippen LogP contribution in [0, 0.1) is 5.92 Å². The van der Waals surface area contributed by atoms with Gasteiger partial charge in [0, 0.05) is 21.4 Å². The quantitative estimate of drug-likeness (QED) is 0.106. The number of hydrogen-bond donors (Lipinski definition) is 0. The van der Waals surface area contributed by atoms with Gasteiger partial charge >= 0.3 is 11.9 Å². The molecule has 3 unspecified atom stereocenters. The molecule has 0 amide bonds. The lowest BCUT2D eigenvalue weighted by Crippen LogP contribution is -2.37. The molecular formula is C28H32N4O4S. The highest BCUT2D eigenvalue weighted by Gasteiger charge is 2.43. The molecule has 1 aliphatic rings. The topological polar surface area (TPSA) is 114 Å². The second kappa shape index (κ2) is 13.7. The van der Waals surface area contributed by atoms with Crippen molar-refractivity contribution in [3.05, 3.63) is 87.4 Å². The Labute approximate surface area is 221 Å². The third-order valence-corrected chi connectivity index (χ3v) is 6.96. The summed E-state index contributed by atoms with van der Waals surface area (Å²) in [6, 6.07) is 16.9. The molecule has 2 aromatic rings. The number of azide groups is 1. The van der Waals surface area contributed by atoms with Crippen LogP contribution in [0.3, 0.4) is 0 Å². The Balaban J connectivity index is 2.14. The molecule has 0 aromatic heterocycles. The molecule has 0 saturated heterocycles. The standard InChI is InChI=1S/C28H32N4O4S/c1-5-35-27(33)24-18(3)30-23(16-15-22(31-32-29)19-11-8-7-9-12-19)26(28(34)36-6-2)25(24)20-13-10-14-21(17-20)37-4/h7-14,17,22,24-25H,5-6,15-16H2,1-4H3. The van der Waals surface area contributed by atoms with Crippen molar-refractivity contribution in [3.8, 4) is 0 Å². The second-order valence-corrected chi connectivity index (χ2v) is 9.37. The summed E-state index contributed by atoms with van der Waals surface area (Å²) in [5.74, 6) is -2.32. The van der Waals surface area contributed by atoms with Gasteiger partial charge in [-0.15, -0.1) is 11.8 Å². The van der Waals surface area contributed by atoms with Gasteiger partial charge < -0.3 is 9.47 Å². The Kier molecular flexibility index (Phi) is 10.4. The zero-order chi connectivity index (χ0) is 26.8. The Morgan fingerprint density at radius 3 is 2.49 bits per heavy atom. The van der Waals surface area contributed by atoms with E-state index in [0.717, 1.165) is 16.0 Å². The van der Waals surface area contributed by atoms with Gasteiger partial charge in [-0.1, -0.05) is 47.6 Å². The summed E-state index contributed by atoms with van der Waals surface area (Å²) in [6.07, 6.45) is 2.77. The number of carbonyl (C=O) groups excluding carboxylic acids is 2. The van der Waals surface area contributed by atoms with Crippen LogP contribution in [0.5, 0.6) is 0 Å². The maximum Gasteiger partial charge on any atom is 0.336 e. The molecule has 1 aliphatic heterocycles. The van der Waals surface area contributed by atoms with Crippen LogP contribution in [0.1, 0.15) is 56.7 Å². The van der Waals surface area contributed by atoms with Crippen LogP contribution in [-0.2, 0) is 19.1 Å².